The van der Waals surface area contributed by atoms with Crippen LogP contribution in [-0.4, -0.2) is 19.4 Å². The Balaban J connectivity index is 2.13. The maximum atomic E-state index is 14.7. The summed E-state index contributed by atoms with van der Waals surface area (Å²) in [6.45, 7) is -4.02. The molecule has 0 aliphatic rings. The number of hydrogen-bond donors (Lipinski definition) is 0. The van der Waals surface area contributed by atoms with Gasteiger partial charge in [-0.15, -0.1) is 0 Å². The summed E-state index contributed by atoms with van der Waals surface area (Å²) in [4.78, 5) is 0. The van der Waals surface area contributed by atoms with Crippen molar-refractivity contribution >= 4 is 18.3 Å². The first kappa shape index (κ1) is 20.1. The standard InChI is InChI=1S/C18H21F2O3PS/c1-21-13-12-18(19,20)24(25,22-14-16-8-4-2-5-9-16)23-15-17-10-6-3-7-11-17/h2-11H,12-15H2,1H3. The maximum absolute atomic E-state index is 14.7. The van der Waals surface area contributed by atoms with Crippen LogP contribution in [0.1, 0.15) is 17.5 Å². The summed E-state index contributed by atoms with van der Waals surface area (Å²) >= 11 is 5.21. The van der Waals surface area contributed by atoms with E-state index in [0.717, 1.165) is 11.1 Å². The van der Waals surface area contributed by atoms with Crippen molar-refractivity contribution in [3.63, 3.8) is 0 Å². The van der Waals surface area contributed by atoms with E-state index in [1.807, 2.05) is 36.4 Å². The zero-order valence-corrected chi connectivity index (χ0v) is 15.6. The molecule has 0 N–H and O–H groups in total. The first-order valence-corrected chi connectivity index (χ1v) is 10.4. The summed E-state index contributed by atoms with van der Waals surface area (Å²) in [5.41, 5.74) is -1.74. The number of rotatable bonds is 10. The number of alkyl halides is 2. The molecule has 0 saturated carbocycles. The molecule has 0 fully saturated rings. The number of hydrogen-bond acceptors (Lipinski definition) is 4. The summed E-state index contributed by atoms with van der Waals surface area (Å²) < 4.78 is 45.1. The second-order valence-corrected chi connectivity index (χ2v) is 9.03. The minimum Gasteiger partial charge on any atom is -0.384 e. The molecule has 0 atom stereocenters. The van der Waals surface area contributed by atoms with Crippen molar-refractivity contribution in [2.75, 3.05) is 13.7 Å². The molecule has 0 radical (unpaired) electrons. The summed E-state index contributed by atoms with van der Waals surface area (Å²) in [5.74, 6) is 0. The van der Waals surface area contributed by atoms with Crippen molar-refractivity contribution in [1.29, 1.82) is 0 Å². The van der Waals surface area contributed by atoms with Crippen LogP contribution in [-0.2, 0) is 38.8 Å². The van der Waals surface area contributed by atoms with Crippen LogP contribution in [0.4, 0.5) is 8.78 Å². The summed E-state index contributed by atoms with van der Waals surface area (Å²) in [5, 5.41) is 0. The van der Waals surface area contributed by atoms with E-state index in [9.17, 15) is 8.78 Å². The van der Waals surface area contributed by atoms with Crippen LogP contribution in [0.5, 0.6) is 0 Å². The molecular formula is C18H21F2O3PS. The Bertz CT molecular complexity index is 636. The van der Waals surface area contributed by atoms with E-state index in [-0.39, 0.29) is 19.8 Å². The lowest BCUT2D eigenvalue weighted by Crippen LogP contribution is -2.22. The van der Waals surface area contributed by atoms with Gasteiger partial charge in [0.05, 0.1) is 19.8 Å². The highest BCUT2D eigenvalue weighted by Crippen LogP contribution is 2.64. The molecule has 0 spiro atoms. The highest BCUT2D eigenvalue weighted by molar-refractivity contribution is 8.10. The highest BCUT2D eigenvalue weighted by atomic mass is 32.5. The van der Waals surface area contributed by atoms with Gasteiger partial charge < -0.3 is 13.8 Å². The van der Waals surface area contributed by atoms with Gasteiger partial charge in [0, 0.05) is 13.5 Å². The largest absolute Gasteiger partial charge is 0.384 e. The average Bonchev–Trinajstić information content (AvgIpc) is 2.64. The van der Waals surface area contributed by atoms with Gasteiger partial charge in [-0.2, -0.15) is 8.78 Å². The van der Waals surface area contributed by atoms with Gasteiger partial charge in [0.25, 0.3) is 6.49 Å². The molecule has 0 aliphatic heterocycles. The monoisotopic (exact) mass is 386 g/mol. The van der Waals surface area contributed by atoms with Crippen LogP contribution in [0.3, 0.4) is 0 Å². The number of ether oxygens (including phenoxy) is 1. The van der Waals surface area contributed by atoms with E-state index in [4.69, 9.17) is 25.6 Å². The molecule has 0 saturated heterocycles. The van der Waals surface area contributed by atoms with Gasteiger partial charge in [-0.25, -0.2) is 0 Å². The SMILES string of the molecule is COCCC(F)(F)P(=S)(OCc1ccccc1)OCc1ccccc1. The Labute approximate surface area is 152 Å². The molecule has 2 aromatic rings. The van der Waals surface area contributed by atoms with Crippen molar-refractivity contribution in [3.05, 3.63) is 71.8 Å². The fourth-order valence-electron chi connectivity index (χ4n) is 2.06. The maximum Gasteiger partial charge on any atom is 0.322 e. The molecule has 7 heteroatoms. The third kappa shape index (κ3) is 5.94. The second kappa shape index (κ2) is 9.51. The first-order chi connectivity index (χ1) is 12.0. The van der Waals surface area contributed by atoms with Gasteiger partial charge in [-0.3, -0.25) is 0 Å². The molecule has 2 rings (SSSR count). The quantitative estimate of drug-likeness (QED) is 0.514. The van der Waals surface area contributed by atoms with E-state index >= 15 is 0 Å². The van der Waals surface area contributed by atoms with Crippen LogP contribution in [0.2, 0.25) is 0 Å². The second-order valence-electron chi connectivity index (χ2n) is 5.42. The lowest BCUT2D eigenvalue weighted by Gasteiger charge is -2.30. The molecule has 25 heavy (non-hydrogen) atoms. The fraction of sp³-hybridized carbons (Fsp3) is 0.333. The van der Waals surface area contributed by atoms with Crippen molar-refractivity contribution in [3.8, 4) is 0 Å². The molecule has 0 amide bonds. The Morgan fingerprint density at radius 3 is 1.72 bits per heavy atom. The van der Waals surface area contributed by atoms with Crippen LogP contribution >= 0.6 is 6.49 Å². The predicted molar refractivity (Wildman–Crippen MR) is 98.2 cm³/mol. The van der Waals surface area contributed by atoms with E-state index in [1.165, 1.54) is 7.11 Å². The lowest BCUT2D eigenvalue weighted by atomic mass is 10.2. The van der Waals surface area contributed by atoms with Crippen molar-refractivity contribution < 1.29 is 22.6 Å². The molecule has 0 unspecified atom stereocenters. The number of halogens is 2. The third-order valence-corrected chi connectivity index (χ3v) is 6.89. The Morgan fingerprint density at radius 1 is 0.880 bits per heavy atom. The minimum absolute atomic E-state index is 0.0184. The van der Waals surface area contributed by atoms with Crippen molar-refractivity contribution in [2.45, 2.75) is 25.3 Å². The van der Waals surface area contributed by atoms with E-state index < -0.39 is 18.6 Å². The Hall–Kier alpha value is -1.17. The normalized spacial score (nSPS) is 12.3. The average molecular weight is 386 g/mol. The number of methoxy groups -OCH3 is 1. The molecule has 0 bridgehead atoms. The van der Waals surface area contributed by atoms with E-state index in [0.29, 0.717) is 0 Å². The number of benzene rings is 2. The summed E-state index contributed by atoms with van der Waals surface area (Å²) in [7, 11) is 1.37. The van der Waals surface area contributed by atoms with Gasteiger partial charge in [0.15, 0.2) is 0 Å². The molecule has 136 valence electrons. The third-order valence-electron chi connectivity index (χ3n) is 3.50. The minimum atomic E-state index is -3.86. The van der Waals surface area contributed by atoms with Crippen molar-refractivity contribution in [1.82, 2.24) is 0 Å². The topological polar surface area (TPSA) is 27.7 Å². The molecule has 2 aromatic carbocycles. The predicted octanol–water partition coefficient (Wildman–Crippen LogP) is 5.36. The highest BCUT2D eigenvalue weighted by Gasteiger charge is 2.48. The van der Waals surface area contributed by atoms with Crippen LogP contribution in [0, 0.1) is 0 Å². The first-order valence-electron chi connectivity index (χ1n) is 7.81. The van der Waals surface area contributed by atoms with E-state index in [1.54, 1.807) is 24.3 Å². The molecule has 0 heterocycles. The smallest absolute Gasteiger partial charge is 0.322 e. The Kier molecular flexibility index (Phi) is 7.66. The van der Waals surface area contributed by atoms with Gasteiger partial charge in [0.2, 0.25) is 0 Å². The van der Waals surface area contributed by atoms with Gasteiger partial charge in [-0.05, 0) is 22.9 Å². The summed E-state index contributed by atoms with van der Waals surface area (Å²) in [6.07, 6.45) is -0.537. The molecular weight excluding hydrogens is 365 g/mol. The van der Waals surface area contributed by atoms with Gasteiger partial charge in [-0.1, -0.05) is 60.7 Å². The van der Waals surface area contributed by atoms with Crippen LogP contribution < -0.4 is 0 Å². The zero-order valence-electron chi connectivity index (χ0n) is 13.9. The van der Waals surface area contributed by atoms with Gasteiger partial charge in [0.1, 0.15) is 0 Å². The van der Waals surface area contributed by atoms with Crippen molar-refractivity contribution in [2.24, 2.45) is 0 Å². The Morgan fingerprint density at radius 2 is 1.32 bits per heavy atom. The molecule has 0 aliphatic carbocycles. The lowest BCUT2D eigenvalue weighted by molar-refractivity contribution is 0.0218. The van der Waals surface area contributed by atoms with Gasteiger partial charge >= 0.3 is 5.66 Å². The van der Waals surface area contributed by atoms with Crippen LogP contribution in [0.15, 0.2) is 60.7 Å². The fourth-order valence-corrected chi connectivity index (χ4v) is 4.10. The van der Waals surface area contributed by atoms with E-state index in [2.05, 4.69) is 0 Å². The molecule has 3 nitrogen and oxygen atoms in total. The molecule has 0 aromatic heterocycles. The zero-order chi connectivity index (χ0) is 18.2. The van der Waals surface area contributed by atoms with Crippen LogP contribution in [0.25, 0.3) is 0 Å². The summed E-state index contributed by atoms with van der Waals surface area (Å²) in [6, 6.07) is 18.1.